The molecule has 4 nitrogen and oxygen atoms in total. The van der Waals surface area contributed by atoms with Crippen molar-refractivity contribution in [2.75, 3.05) is 36.8 Å². The maximum absolute atomic E-state index is 4.97. The van der Waals surface area contributed by atoms with Gasteiger partial charge >= 0.3 is 0 Å². The third-order valence-electron chi connectivity index (χ3n) is 4.39. The highest BCUT2D eigenvalue weighted by atomic mass is 35.5. The van der Waals surface area contributed by atoms with E-state index in [-0.39, 0.29) is 24.8 Å². The van der Waals surface area contributed by atoms with Crippen LogP contribution in [0.2, 0.25) is 0 Å². The lowest BCUT2D eigenvalue weighted by Gasteiger charge is -2.31. The third-order valence-corrected chi connectivity index (χ3v) is 5.59. The maximum atomic E-state index is 4.97. The predicted octanol–water partition coefficient (Wildman–Crippen LogP) is 3.36. The zero-order chi connectivity index (χ0) is 15.5. The fourth-order valence-corrected chi connectivity index (χ4v) is 4.32. The summed E-state index contributed by atoms with van der Waals surface area (Å²) >= 11 is 1.94. The number of aromatic nitrogens is 2. The molecule has 7 heteroatoms. The molecule has 2 aromatic rings. The second-order valence-corrected chi connectivity index (χ2v) is 7.20. The van der Waals surface area contributed by atoms with Crippen molar-refractivity contribution in [3.63, 3.8) is 0 Å². The van der Waals surface area contributed by atoms with Crippen LogP contribution >= 0.6 is 36.6 Å². The molecule has 25 heavy (non-hydrogen) atoms. The second-order valence-electron chi connectivity index (χ2n) is 6.09. The largest absolute Gasteiger partial charge is 0.353 e. The van der Waals surface area contributed by atoms with E-state index in [1.165, 1.54) is 34.1 Å². The quantitative estimate of drug-likeness (QED) is 0.857. The average molecular weight is 399 g/mol. The number of fused-ring (bicyclic) bond motifs is 1. The number of nitrogens with zero attached hydrogens (tertiary/aromatic N) is 3. The number of nitrogens with one attached hydrogen (secondary N) is 1. The number of rotatable bonds is 3. The van der Waals surface area contributed by atoms with Crippen LogP contribution in [0.3, 0.4) is 0 Å². The Bertz CT molecular complexity index is 678. The van der Waals surface area contributed by atoms with Crippen LogP contribution in [0, 0.1) is 0 Å². The first-order valence-electron chi connectivity index (χ1n) is 8.42. The van der Waals surface area contributed by atoms with E-state index in [1.807, 2.05) is 11.8 Å². The van der Waals surface area contributed by atoms with Crippen LogP contribution in [-0.2, 0) is 12.8 Å². The number of thioether (sulfide) groups is 1. The van der Waals surface area contributed by atoms with Gasteiger partial charge in [0, 0.05) is 32.6 Å². The van der Waals surface area contributed by atoms with Crippen molar-refractivity contribution in [3.8, 4) is 0 Å². The SMILES string of the molecule is Cl.Cl.c1ccc(Cc2nc3c(c(N4CCNCC4)n2)SCCC3)cc1. The van der Waals surface area contributed by atoms with Gasteiger partial charge in [-0.05, 0) is 24.2 Å². The van der Waals surface area contributed by atoms with Gasteiger partial charge in [0.05, 0.1) is 10.6 Å². The number of benzene rings is 1. The molecular formula is C18H24Cl2N4S. The summed E-state index contributed by atoms with van der Waals surface area (Å²) < 4.78 is 0. The molecule has 2 aliphatic heterocycles. The summed E-state index contributed by atoms with van der Waals surface area (Å²) in [5, 5.41) is 3.43. The Morgan fingerprint density at radius 3 is 2.56 bits per heavy atom. The molecule has 0 atom stereocenters. The molecule has 0 saturated carbocycles. The molecule has 1 fully saturated rings. The molecule has 136 valence electrons. The summed E-state index contributed by atoms with van der Waals surface area (Å²) in [5.74, 6) is 3.33. The fourth-order valence-electron chi connectivity index (χ4n) is 3.21. The Kier molecular flexibility index (Phi) is 7.81. The average Bonchev–Trinajstić information content (AvgIpc) is 2.63. The molecule has 0 unspecified atom stereocenters. The van der Waals surface area contributed by atoms with E-state index in [4.69, 9.17) is 9.97 Å². The first-order valence-corrected chi connectivity index (χ1v) is 9.41. The zero-order valence-electron chi connectivity index (χ0n) is 14.1. The van der Waals surface area contributed by atoms with Crippen LogP contribution in [-0.4, -0.2) is 41.9 Å². The molecule has 0 spiro atoms. The van der Waals surface area contributed by atoms with Crippen LogP contribution in [0.1, 0.15) is 23.5 Å². The number of piperazine rings is 1. The Hall–Kier alpha value is -1.01. The van der Waals surface area contributed by atoms with Crippen LogP contribution in [0.15, 0.2) is 35.2 Å². The second kappa shape index (κ2) is 9.62. The van der Waals surface area contributed by atoms with Crippen molar-refractivity contribution < 1.29 is 0 Å². The molecule has 0 amide bonds. The highest BCUT2D eigenvalue weighted by molar-refractivity contribution is 7.99. The van der Waals surface area contributed by atoms with Crippen molar-refractivity contribution in [2.24, 2.45) is 0 Å². The summed E-state index contributed by atoms with van der Waals surface area (Å²) in [6.45, 7) is 4.15. The first kappa shape index (κ1) is 20.3. The Labute approximate surface area is 166 Å². The molecule has 1 aromatic carbocycles. The van der Waals surface area contributed by atoms with Gasteiger partial charge in [-0.3, -0.25) is 0 Å². The topological polar surface area (TPSA) is 41.1 Å². The summed E-state index contributed by atoms with van der Waals surface area (Å²) in [7, 11) is 0. The third kappa shape index (κ3) is 4.79. The molecule has 0 aliphatic carbocycles. The van der Waals surface area contributed by atoms with Gasteiger partial charge in [0.25, 0.3) is 0 Å². The van der Waals surface area contributed by atoms with E-state index >= 15 is 0 Å². The maximum Gasteiger partial charge on any atom is 0.146 e. The lowest BCUT2D eigenvalue weighted by Crippen LogP contribution is -2.44. The molecular weight excluding hydrogens is 375 g/mol. The van der Waals surface area contributed by atoms with Gasteiger partial charge in [-0.25, -0.2) is 9.97 Å². The zero-order valence-corrected chi connectivity index (χ0v) is 16.6. The minimum absolute atomic E-state index is 0. The molecule has 2 aliphatic rings. The molecule has 1 aromatic heterocycles. The van der Waals surface area contributed by atoms with E-state index in [0.29, 0.717) is 0 Å². The normalized spacial score (nSPS) is 16.4. The number of anilines is 1. The van der Waals surface area contributed by atoms with E-state index in [0.717, 1.165) is 44.8 Å². The summed E-state index contributed by atoms with van der Waals surface area (Å²) in [6, 6.07) is 10.5. The van der Waals surface area contributed by atoms with Crippen molar-refractivity contribution in [2.45, 2.75) is 24.2 Å². The van der Waals surface area contributed by atoms with E-state index in [9.17, 15) is 0 Å². The number of aryl methyl sites for hydroxylation is 1. The summed E-state index contributed by atoms with van der Waals surface area (Å²) in [4.78, 5) is 13.6. The van der Waals surface area contributed by atoms with Gasteiger partial charge < -0.3 is 10.2 Å². The molecule has 0 bridgehead atoms. The Morgan fingerprint density at radius 1 is 1.04 bits per heavy atom. The van der Waals surface area contributed by atoms with Crippen molar-refractivity contribution >= 4 is 42.4 Å². The van der Waals surface area contributed by atoms with Crippen molar-refractivity contribution in [1.29, 1.82) is 0 Å². The Morgan fingerprint density at radius 2 is 1.80 bits per heavy atom. The van der Waals surface area contributed by atoms with Gasteiger partial charge in [0.2, 0.25) is 0 Å². The van der Waals surface area contributed by atoms with Crippen LogP contribution in [0.5, 0.6) is 0 Å². The van der Waals surface area contributed by atoms with E-state index in [1.54, 1.807) is 0 Å². The van der Waals surface area contributed by atoms with Gasteiger partial charge in [0.15, 0.2) is 0 Å². The molecule has 4 rings (SSSR count). The highest BCUT2D eigenvalue weighted by Crippen LogP contribution is 2.36. The monoisotopic (exact) mass is 398 g/mol. The molecule has 0 radical (unpaired) electrons. The highest BCUT2D eigenvalue weighted by Gasteiger charge is 2.23. The standard InChI is InChI=1S/C18H22N4S.2ClH/c1-2-5-14(6-3-1)13-16-20-15-7-4-12-23-17(15)18(21-16)22-10-8-19-9-11-22;;/h1-3,5-6,19H,4,7-13H2;2*1H. The summed E-state index contributed by atoms with van der Waals surface area (Å²) in [5.41, 5.74) is 2.54. The lowest BCUT2D eigenvalue weighted by molar-refractivity contribution is 0.578. The van der Waals surface area contributed by atoms with Crippen LogP contribution in [0.25, 0.3) is 0 Å². The van der Waals surface area contributed by atoms with Gasteiger partial charge in [-0.2, -0.15) is 0 Å². The van der Waals surface area contributed by atoms with Gasteiger partial charge in [0.1, 0.15) is 11.6 Å². The van der Waals surface area contributed by atoms with Crippen LogP contribution < -0.4 is 10.2 Å². The molecule has 1 N–H and O–H groups in total. The van der Waals surface area contributed by atoms with Crippen molar-refractivity contribution in [3.05, 3.63) is 47.4 Å². The minimum atomic E-state index is 0. The minimum Gasteiger partial charge on any atom is -0.353 e. The lowest BCUT2D eigenvalue weighted by atomic mass is 10.1. The van der Waals surface area contributed by atoms with Gasteiger partial charge in [-0.15, -0.1) is 36.6 Å². The number of hydrogen-bond acceptors (Lipinski definition) is 5. The van der Waals surface area contributed by atoms with Crippen molar-refractivity contribution in [1.82, 2.24) is 15.3 Å². The van der Waals surface area contributed by atoms with E-state index < -0.39 is 0 Å². The molecule has 3 heterocycles. The van der Waals surface area contributed by atoms with Crippen LogP contribution in [0.4, 0.5) is 5.82 Å². The number of halogens is 2. The number of hydrogen-bond donors (Lipinski definition) is 1. The summed E-state index contributed by atoms with van der Waals surface area (Å²) in [6.07, 6.45) is 3.13. The first-order chi connectivity index (χ1) is 11.4. The predicted molar refractivity (Wildman–Crippen MR) is 110 cm³/mol. The van der Waals surface area contributed by atoms with E-state index in [2.05, 4.69) is 40.5 Å². The molecule has 1 saturated heterocycles. The Balaban J connectivity index is 0.00000113. The van der Waals surface area contributed by atoms with Gasteiger partial charge in [-0.1, -0.05) is 30.3 Å². The fraction of sp³-hybridized carbons (Fsp3) is 0.444. The smallest absolute Gasteiger partial charge is 0.146 e.